The molecule has 0 fully saturated rings. The molecule has 0 bridgehead atoms. The molecule has 0 heterocycles. The SMILES string of the molecule is NCC(Cc1ccc(Br)cc1)Cc1ccccc1Br. The molecular weight excluding hydrogens is 366 g/mol. The van der Waals surface area contributed by atoms with Gasteiger partial charge in [-0.2, -0.15) is 0 Å². The average molecular weight is 383 g/mol. The number of rotatable bonds is 5. The summed E-state index contributed by atoms with van der Waals surface area (Å²) in [7, 11) is 0. The molecule has 2 aromatic carbocycles. The zero-order valence-corrected chi connectivity index (χ0v) is 13.8. The van der Waals surface area contributed by atoms with Crippen LogP contribution in [-0.2, 0) is 12.8 Å². The highest BCUT2D eigenvalue weighted by molar-refractivity contribution is 9.10. The molecule has 1 unspecified atom stereocenters. The third kappa shape index (κ3) is 4.44. The van der Waals surface area contributed by atoms with Gasteiger partial charge in [0.2, 0.25) is 0 Å². The third-order valence-corrected chi connectivity index (χ3v) is 4.54. The second-order valence-electron chi connectivity index (χ2n) is 4.73. The molecule has 0 aliphatic carbocycles. The quantitative estimate of drug-likeness (QED) is 0.805. The van der Waals surface area contributed by atoms with Crippen molar-refractivity contribution < 1.29 is 0 Å². The van der Waals surface area contributed by atoms with Crippen molar-refractivity contribution in [3.8, 4) is 0 Å². The van der Waals surface area contributed by atoms with Crippen LogP contribution in [0.2, 0.25) is 0 Å². The molecule has 3 heteroatoms. The smallest absolute Gasteiger partial charge is 0.0207 e. The lowest BCUT2D eigenvalue weighted by Crippen LogP contribution is -2.19. The Labute approximate surface area is 131 Å². The Morgan fingerprint density at radius 2 is 1.58 bits per heavy atom. The predicted octanol–water partition coefficient (Wildman–Crippen LogP) is 4.57. The third-order valence-electron chi connectivity index (χ3n) is 3.24. The Balaban J connectivity index is 2.05. The molecule has 0 aliphatic rings. The molecule has 1 atom stereocenters. The lowest BCUT2D eigenvalue weighted by Gasteiger charge is -2.16. The molecule has 0 spiro atoms. The van der Waals surface area contributed by atoms with E-state index < -0.39 is 0 Å². The van der Waals surface area contributed by atoms with Gasteiger partial charge in [-0.25, -0.2) is 0 Å². The molecule has 0 saturated heterocycles. The maximum atomic E-state index is 5.92. The van der Waals surface area contributed by atoms with Crippen molar-refractivity contribution >= 4 is 31.9 Å². The van der Waals surface area contributed by atoms with E-state index in [2.05, 4.69) is 74.3 Å². The van der Waals surface area contributed by atoms with Crippen molar-refractivity contribution in [2.45, 2.75) is 12.8 Å². The highest BCUT2D eigenvalue weighted by Crippen LogP contribution is 2.21. The van der Waals surface area contributed by atoms with Gasteiger partial charge in [-0.1, -0.05) is 62.2 Å². The minimum absolute atomic E-state index is 0.472. The van der Waals surface area contributed by atoms with Gasteiger partial charge < -0.3 is 5.73 Å². The molecule has 0 radical (unpaired) electrons. The van der Waals surface area contributed by atoms with Crippen LogP contribution in [0.15, 0.2) is 57.5 Å². The Hall–Kier alpha value is -0.640. The average Bonchev–Trinajstić information content (AvgIpc) is 2.43. The first-order valence-electron chi connectivity index (χ1n) is 6.37. The summed E-state index contributed by atoms with van der Waals surface area (Å²) in [6.07, 6.45) is 2.03. The van der Waals surface area contributed by atoms with Gasteiger partial charge >= 0.3 is 0 Å². The Morgan fingerprint density at radius 3 is 2.21 bits per heavy atom. The maximum absolute atomic E-state index is 5.92. The van der Waals surface area contributed by atoms with Crippen molar-refractivity contribution in [3.05, 3.63) is 68.6 Å². The van der Waals surface area contributed by atoms with Crippen LogP contribution in [0.4, 0.5) is 0 Å². The van der Waals surface area contributed by atoms with Gasteiger partial charge in [0.15, 0.2) is 0 Å². The largest absolute Gasteiger partial charge is 0.330 e. The fourth-order valence-electron chi connectivity index (χ4n) is 2.17. The summed E-state index contributed by atoms with van der Waals surface area (Å²) >= 11 is 7.06. The molecule has 0 aromatic heterocycles. The van der Waals surface area contributed by atoms with E-state index in [4.69, 9.17) is 5.73 Å². The van der Waals surface area contributed by atoms with Gasteiger partial charge in [0.05, 0.1) is 0 Å². The van der Waals surface area contributed by atoms with Crippen molar-refractivity contribution in [1.82, 2.24) is 0 Å². The van der Waals surface area contributed by atoms with Crippen LogP contribution in [0.5, 0.6) is 0 Å². The molecule has 2 rings (SSSR count). The van der Waals surface area contributed by atoms with Crippen LogP contribution in [0.1, 0.15) is 11.1 Å². The standard InChI is InChI=1S/C16H17Br2N/c17-15-7-5-12(6-8-15)9-13(11-19)10-14-3-1-2-4-16(14)18/h1-8,13H,9-11,19H2. The topological polar surface area (TPSA) is 26.0 Å². The van der Waals surface area contributed by atoms with Crippen molar-refractivity contribution in [1.29, 1.82) is 0 Å². The van der Waals surface area contributed by atoms with Crippen LogP contribution in [0.3, 0.4) is 0 Å². The van der Waals surface area contributed by atoms with Crippen LogP contribution in [-0.4, -0.2) is 6.54 Å². The maximum Gasteiger partial charge on any atom is 0.0207 e. The highest BCUT2D eigenvalue weighted by atomic mass is 79.9. The van der Waals surface area contributed by atoms with E-state index in [9.17, 15) is 0 Å². The van der Waals surface area contributed by atoms with Gasteiger partial charge in [-0.05, 0) is 54.6 Å². The lowest BCUT2D eigenvalue weighted by atomic mass is 9.93. The first-order chi connectivity index (χ1) is 9.19. The second-order valence-corrected chi connectivity index (χ2v) is 6.50. The van der Waals surface area contributed by atoms with Crippen LogP contribution < -0.4 is 5.73 Å². The van der Waals surface area contributed by atoms with E-state index in [0.717, 1.165) is 17.3 Å². The number of hydrogen-bond acceptors (Lipinski definition) is 1. The number of hydrogen-bond donors (Lipinski definition) is 1. The van der Waals surface area contributed by atoms with E-state index in [1.165, 1.54) is 15.6 Å². The zero-order chi connectivity index (χ0) is 13.7. The summed E-state index contributed by atoms with van der Waals surface area (Å²) in [5.41, 5.74) is 8.59. The molecule has 0 saturated carbocycles. The van der Waals surface area contributed by atoms with Gasteiger partial charge in [-0.3, -0.25) is 0 Å². The number of nitrogens with two attached hydrogens (primary N) is 1. The summed E-state index contributed by atoms with van der Waals surface area (Å²) in [5, 5.41) is 0. The van der Waals surface area contributed by atoms with Crippen LogP contribution >= 0.6 is 31.9 Å². The normalized spacial score (nSPS) is 12.4. The molecular formula is C16H17Br2N. The Bertz CT molecular complexity index is 523. The summed E-state index contributed by atoms with van der Waals surface area (Å²) < 4.78 is 2.29. The summed E-state index contributed by atoms with van der Waals surface area (Å²) in [6, 6.07) is 16.9. The van der Waals surface area contributed by atoms with E-state index in [1.807, 2.05) is 6.07 Å². The van der Waals surface area contributed by atoms with Crippen molar-refractivity contribution in [2.75, 3.05) is 6.54 Å². The molecule has 0 amide bonds. The first kappa shape index (κ1) is 14.8. The first-order valence-corrected chi connectivity index (χ1v) is 7.95. The molecule has 19 heavy (non-hydrogen) atoms. The minimum atomic E-state index is 0.472. The summed E-state index contributed by atoms with van der Waals surface area (Å²) in [5.74, 6) is 0.472. The lowest BCUT2D eigenvalue weighted by molar-refractivity contribution is 0.532. The van der Waals surface area contributed by atoms with E-state index in [1.54, 1.807) is 0 Å². The minimum Gasteiger partial charge on any atom is -0.330 e. The molecule has 0 aliphatic heterocycles. The highest BCUT2D eigenvalue weighted by Gasteiger charge is 2.10. The second kappa shape index (κ2) is 7.22. The van der Waals surface area contributed by atoms with E-state index >= 15 is 0 Å². The molecule has 100 valence electrons. The van der Waals surface area contributed by atoms with Gasteiger partial charge in [0.1, 0.15) is 0 Å². The van der Waals surface area contributed by atoms with Gasteiger partial charge in [0, 0.05) is 8.95 Å². The van der Waals surface area contributed by atoms with Crippen LogP contribution in [0, 0.1) is 5.92 Å². The van der Waals surface area contributed by atoms with Crippen molar-refractivity contribution in [3.63, 3.8) is 0 Å². The fourth-order valence-corrected chi connectivity index (χ4v) is 2.88. The summed E-state index contributed by atoms with van der Waals surface area (Å²) in [6.45, 7) is 0.706. The molecule has 2 N–H and O–H groups in total. The van der Waals surface area contributed by atoms with E-state index in [0.29, 0.717) is 12.5 Å². The Kier molecular flexibility index (Phi) is 5.61. The summed E-state index contributed by atoms with van der Waals surface area (Å²) in [4.78, 5) is 0. The predicted molar refractivity (Wildman–Crippen MR) is 88.2 cm³/mol. The number of benzene rings is 2. The van der Waals surface area contributed by atoms with Gasteiger partial charge in [-0.15, -0.1) is 0 Å². The van der Waals surface area contributed by atoms with Crippen molar-refractivity contribution in [2.24, 2.45) is 11.7 Å². The number of halogens is 2. The van der Waals surface area contributed by atoms with Crippen LogP contribution in [0.25, 0.3) is 0 Å². The zero-order valence-electron chi connectivity index (χ0n) is 10.7. The van der Waals surface area contributed by atoms with E-state index in [-0.39, 0.29) is 0 Å². The fraction of sp³-hybridized carbons (Fsp3) is 0.250. The molecule has 2 aromatic rings. The van der Waals surface area contributed by atoms with Gasteiger partial charge in [0.25, 0.3) is 0 Å². The monoisotopic (exact) mass is 381 g/mol. The molecule has 1 nitrogen and oxygen atoms in total. The Morgan fingerprint density at radius 1 is 0.895 bits per heavy atom.